The van der Waals surface area contributed by atoms with Gasteiger partial charge in [0.15, 0.2) is 0 Å². The minimum Gasteiger partial charge on any atom is -0.507 e. The molecule has 0 aliphatic carbocycles. The molecule has 0 bridgehead atoms. The van der Waals surface area contributed by atoms with Crippen molar-refractivity contribution in [2.45, 2.75) is 6.92 Å². The quantitative estimate of drug-likeness (QED) is 0.515. The molecule has 0 fully saturated rings. The first-order valence-corrected chi connectivity index (χ1v) is 5.33. The summed E-state index contributed by atoms with van der Waals surface area (Å²) in [6.45, 7) is 1.91. The highest BCUT2D eigenvalue weighted by Gasteiger charge is 2.11. The zero-order valence-electron chi connectivity index (χ0n) is 8.54. The predicted octanol–water partition coefficient (Wildman–Crippen LogP) is 3.46. The molecule has 3 nitrogen and oxygen atoms in total. The van der Waals surface area contributed by atoms with Gasteiger partial charge in [0.25, 0.3) is 0 Å². The Morgan fingerprint density at radius 2 is 2.00 bits per heavy atom. The average molecular weight is 261 g/mol. The standard InChI is InChI=1S/C11H10Cl2O3/c1-2-16-10(15)6-9(14)11-7(12)4-3-5-8(11)13/h3-6,14H,2H2,1H3. The number of aliphatic hydroxyl groups excluding tert-OH is 1. The summed E-state index contributed by atoms with van der Waals surface area (Å²) in [4.78, 5) is 11.1. The number of carbonyl (C=O) groups excluding carboxylic acids is 1. The van der Waals surface area contributed by atoms with Gasteiger partial charge in [-0.2, -0.15) is 0 Å². The van der Waals surface area contributed by atoms with E-state index in [0.717, 1.165) is 6.08 Å². The van der Waals surface area contributed by atoms with Crippen molar-refractivity contribution in [3.63, 3.8) is 0 Å². The van der Waals surface area contributed by atoms with E-state index in [2.05, 4.69) is 4.74 Å². The lowest BCUT2D eigenvalue weighted by atomic mass is 10.2. The summed E-state index contributed by atoms with van der Waals surface area (Å²) in [5.74, 6) is -0.954. The van der Waals surface area contributed by atoms with Crippen LogP contribution in [0.15, 0.2) is 24.3 Å². The number of hydrogen-bond acceptors (Lipinski definition) is 3. The molecule has 0 saturated carbocycles. The molecule has 86 valence electrons. The molecule has 0 radical (unpaired) electrons. The van der Waals surface area contributed by atoms with E-state index in [0.29, 0.717) is 0 Å². The van der Waals surface area contributed by atoms with Crippen LogP contribution in [0, 0.1) is 0 Å². The molecule has 1 N–H and O–H groups in total. The maximum absolute atomic E-state index is 11.1. The Hall–Kier alpha value is -1.19. The number of ether oxygens (including phenoxy) is 1. The molecule has 16 heavy (non-hydrogen) atoms. The molecule has 0 atom stereocenters. The van der Waals surface area contributed by atoms with Gasteiger partial charge in [0.1, 0.15) is 5.76 Å². The van der Waals surface area contributed by atoms with E-state index < -0.39 is 5.97 Å². The number of halogens is 2. The molecule has 0 aromatic heterocycles. The largest absolute Gasteiger partial charge is 0.507 e. The topological polar surface area (TPSA) is 46.5 Å². The van der Waals surface area contributed by atoms with Crippen LogP contribution in [-0.4, -0.2) is 17.7 Å². The van der Waals surface area contributed by atoms with Crippen molar-refractivity contribution in [3.8, 4) is 0 Å². The van der Waals surface area contributed by atoms with Crippen molar-refractivity contribution in [1.29, 1.82) is 0 Å². The second-order valence-electron chi connectivity index (χ2n) is 2.88. The Bertz CT molecular complexity index is 407. The summed E-state index contributed by atoms with van der Waals surface area (Å²) in [5.41, 5.74) is 0.221. The van der Waals surface area contributed by atoms with E-state index >= 15 is 0 Å². The van der Waals surface area contributed by atoms with Crippen LogP contribution >= 0.6 is 23.2 Å². The van der Waals surface area contributed by atoms with Crippen molar-refractivity contribution in [2.24, 2.45) is 0 Å². The van der Waals surface area contributed by atoms with Gasteiger partial charge in [-0.15, -0.1) is 0 Å². The fourth-order valence-electron chi connectivity index (χ4n) is 1.11. The molecule has 0 aliphatic heterocycles. The van der Waals surface area contributed by atoms with Gasteiger partial charge < -0.3 is 9.84 Å². The number of rotatable bonds is 3. The van der Waals surface area contributed by atoms with Gasteiger partial charge in [-0.25, -0.2) is 4.79 Å². The molecule has 1 aromatic rings. The Morgan fingerprint density at radius 1 is 1.44 bits per heavy atom. The molecule has 1 aromatic carbocycles. The lowest BCUT2D eigenvalue weighted by Gasteiger charge is -2.05. The van der Waals surface area contributed by atoms with Crippen LogP contribution in [0.3, 0.4) is 0 Å². The molecule has 0 saturated heterocycles. The highest BCUT2D eigenvalue weighted by Crippen LogP contribution is 2.29. The number of esters is 1. The highest BCUT2D eigenvalue weighted by atomic mass is 35.5. The van der Waals surface area contributed by atoms with Crippen molar-refractivity contribution < 1.29 is 14.6 Å². The first-order chi connectivity index (χ1) is 7.56. The third kappa shape index (κ3) is 3.15. The van der Waals surface area contributed by atoms with E-state index in [9.17, 15) is 9.90 Å². The molecule has 0 spiro atoms. The van der Waals surface area contributed by atoms with E-state index in [1.165, 1.54) is 0 Å². The van der Waals surface area contributed by atoms with Gasteiger partial charge in [0.2, 0.25) is 0 Å². The molecule has 0 amide bonds. The van der Waals surface area contributed by atoms with Gasteiger partial charge in [-0.3, -0.25) is 0 Å². The van der Waals surface area contributed by atoms with Crippen LogP contribution < -0.4 is 0 Å². The van der Waals surface area contributed by atoms with Gasteiger partial charge in [0.05, 0.1) is 28.3 Å². The Kier molecular flexibility index (Phi) is 4.65. The van der Waals surface area contributed by atoms with Crippen molar-refractivity contribution in [3.05, 3.63) is 39.9 Å². The second-order valence-corrected chi connectivity index (χ2v) is 3.69. The van der Waals surface area contributed by atoms with Crippen LogP contribution in [0.1, 0.15) is 12.5 Å². The van der Waals surface area contributed by atoms with Crippen LogP contribution in [0.4, 0.5) is 0 Å². The summed E-state index contributed by atoms with van der Waals surface area (Å²) < 4.78 is 4.65. The second kappa shape index (κ2) is 5.77. The Balaban J connectivity index is 3.04. The van der Waals surface area contributed by atoms with Gasteiger partial charge in [0, 0.05) is 0 Å². The number of aliphatic hydroxyl groups is 1. The Morgan fingerprint density at radius 3 is 2.50 bits per heavy atom. The van der Waals surface area contributed by atoms with Crippen LogP contribution in [0.25, 0.3) is 5.76 Å². The molecule has 0 aliphatic rings. The van der Waals surface area contributed by atoms with Gasteiger partial charge in [-0.05, 0) is 19.1 Å². The van der Waals surface area contributed by atoms with Crippen LogP contribution in [0.5, 0.6) is 0 Å². The SMILES string of the molecule is CCOC(=O)C=C(O)c1c(Cl)cccc1Cl. The van der Waals surface area contributed by atoms with Crippen molar-refractivity contribution in [1.82, 2.24) is 0 Å². The summed E-state index contributed by atoms with van der Waals surface area (Å²) in [6, 6.07) is 4.78. The van der Waals surface area contributed by atoms with Gasteiger partial charge >= 0.3 is 5.97 Å². The monoisotopic (exact) mass is 260 g/mol. The van der Waals surface area contributed by atoms with Crippen LogP contribution in [0.2, 0.25) is 10.0 Å². The summed E-state index contributed by atoms with van der Waals surface area (Å²) in [7, 11) is 0. The maximum atomic E-state index is 11.1. The first-order valence-electron chi connectivity index (χ1n) is 4.58. The summed E-state index contributed by atoms with van der Waals surface area (Å²) in [5, 5.41) is 10.2. The minimum absolute atomic E-state index is 0.221. The van der Waals surface area contributed by atoms with Gasteiger partial charge in [-0.1, -0.05) is 29.3 Å². The fourth-order valence-corrected chi connectivity index (χ4v) is 1.70. The molecule has 0 unspecified atom stereocenters. The normalized spacial score (nSPS) is 11.3. The minimum atomic E-state index is -0.643. The molecular formula is C11H10Cl2O3. The molecule has 5 heteroatoms. The highest BCUT2D eigenvalue weighted by molar-refractivity contribution is 6.37. The zero-order chi connectivity index (χ0) is 12.1. The van der Waals surface area contributed by atoms with E-state index in [1.807, 2.05) is 0 Å². The number of benzene rings is 1. The molecule has 0 heterocycles. The van der Waals surface area contributed by atoms with E-state index in [4.69, 9.17) is 23.2 Å². The van der Waals surface area contributed by atoms with Crippen molar-refractivity contribution in [2.75, 3.05) is 6.61 Å². The number of hydrogen-bond donors (Lipinski definition) is 1. The zero-order valence-corrected chi connectivity index (χ0v) is 10.0. The van der Waals surface area contributed by atoms with E-state index in [-0.39, 0.29) is 28.0 Å². The summed E-state index contributed by atoms with van der Waals surface area (Å²) in [6.07, 6.45) is 0.941. The molecular weight excluding hydrogens is 251 g/mol. The third-order valence-electron chi connectivity index (χ3n) is 1.76. The lowest BCUT2D eigenvalue weighted by molar-refractivity contribution is -0.137. The smallest absolute Gasteiger partial charge is 0.334 e. The van der Waals surface area contributed by atoms with Crippen LogP contribution in [-0.2, 0) is 9.53 Å². The molecule has 1 rings (SSSR count). The number of carbonyl (C=O) groups is 1. The average Bonchev–Trinajstić information content (AvgIpc) is 2.17. The fraction of sp³-hybridized carbons (Fsp3) is 0.182. The van der Waals surface area contributed by atoms with Crippen molar-refractivity contribution >= 4 is 34.9 Å². The summed E-state index contributed by atoms with van der Waals surface area (Å²) >= 11 is 11.7. The predicted molar refractivity (Wildman–Crippen MR) is 63.7 cm³/mol. The third-order valence-corrected chi connectivity index (χ3v) is 2.39. The maximum Gasteiger partial charge on any atom is 0.334 e. The van der Waals surface area contributed by atoms with E-state index in [1.54, 1.807) is 25.1 Å². The first kappa shape index (κ1) is 12.9. The Labute approximate surface area is 103 Å². The lowest BCUT2D eigenvalue weighted by Crippen LogP contribution is -2.01.